The van der Waals surface area contributed by atoms with Gasteiger partial charge in [-0.25, -0.2) is 0 Å². The van der Waals surface area contributed by atoms with Crippen LogP contribution in [-0.2, 0) is 6.42 Å². The largest absolute Gasteiger partial charge is 0.324 e. The maximum absolute atomic E-state index is 13.1. The number of benzene rings is 2. The predicted molar refractivity (Wildman–Crippen MR) is 96.8 cm³/mol. The third-order valence-electron chi connectivity index (χ3n) is 4.59. The van der Waals surface area contributed by atoms with Crippen molar-refractivity contribution in [3.8, 4) is 5.69 Å². The lowest BCUT2D eigenvalue weighted by Gasteiger charge is -2.33. The number of carbonyl (C=O) groups excluding carboxylic acids is 1. The number of rotatable bonds is 2. The van der Waals surface area contributed by atoms with E-state index in [4.69, 9.17) is 0 Å². The van der Waals surface area contributed by atoms with E-state index < -0.39 is 0 Å². The van der Waals surface area contributed by atoms with Crippen LogP contribution >= 0.6 is 0 Å². The molecule has 0 aliphatic carbocycles. The van der Waals surface area contributed by atoms with Crippen LogP contribution in [0.1, 0.15) is 22.8 Å². The van der Waals surface area contributed by atoms with E-state index >= 15 is 0 Å². The second kappa shape index (κ2) is 6.00. The molecule has 120 valence electrons. The molecule has 3 aromatic rings. The van der Waals surface area contributed by atoms with Crippen LogP contribution in [0.4, 0.5) is 5.69 Å². The molecule has 0 radical (unpaired) electrons. The predicted octanol–water partition coefficient (Wildman–Crippen LogP) is 4.32. The molecule has 2 aromatic carbocycles. The van der Waals surface area contributed by atoms with E-state index in [0.29, 0.717) is 5.92 Å². The zero-order valence-corrected chi connectivity index (χ0v) is 13.7. The highest BCUT2D eigenvalue weighted by molar-refractivity contribution is 6.07. The van der Waals surface area contributed by atoms with Crippen molar-refractivity contribution in [3.05, 3.63) is 84.2 Å². The molecule has 0 N–H and O–H groups in total. The molecule has 0 bridgehead atoms. The molecule has 4 rings (SSSR count). The van der Waals surface area contributed by atoms with Crippen molar-refractivity contribution in [1.82, 2.24) is 4.57 Å². The number of amides is 1. The molecular weight excluding hydrogens is 296 g/mol. The van der Waals surface area contributed by atoms with Gasteiger partial charge in [-0.3, -0.25) is 4.79 Å². The van der Waals surface area contributed by atoms with Crippen LogP contribution in [0.15, 0.2) is 73.1 Å². The first kappa shape index (κ1) is 14.8. The van der Waals surface area contributed by atoms with Gasteiger partial charge in [0.05, 0.1) is 0 Å². The maximum Gasteiger partial charge on any atom is 0.258 e. The van der Waals surface area contributed by atoms with Gasteiger partial charge in [-0.05, 0) is 54.3 Å². The zero-order valence-electron chi connectivity index (χ0n) is 13.7. The lowest BCUT2D eigenvalue weighted by Crippen LogP contribution is -2.39. The molecule has 1 amide bonds. The Morgan fingerprint density at radius 3 is 2.62 bits per heavy atom. The van der Waals surface area contributed by atoms with E-state index in [1.807, 2.05) is 70.4 Å². The fraction of sp³-hybridized carbons (Fsp3) is 0.190. The first-order chi connectivity index (χ1) is 11.7. The highest BCUT2D eigenvalue weighted by Crippen LogP contribution is 2.30. The van der Waals surface area contributed by atoms with Crippen molar-refractivity contribution in [1.29, 1.82) is 0 Å². The Bertz CT molecular complexity index is 867. The lowest BCUT2D eigenvalue weighted by atomic mass is 9.93. The highest BCUT2D eigenvalue weighted by atomic mass is 16.2. The number of para-hydroxylation sites is 1. The number of carbonyl (C=O) groups is 1. The molecule has 1 aromatic heterocycles. The summed E-state index contributed by atoms with van der Waals surface area (Å²) < 4.78 is 2.02. The number of hydrogen-bond acceptors (Lipinski definition) is 1. The van der Waals surface area contributed by atoms with Crippen molar-refractivity contribution >= 4 is 11.6 Å². The summed E-state index contributed by atoms with van der Waals surface area (Å²) >= 11 is 0. The van der Waals surface area contributed by atoms with E-state index in [1.54, 1.807) is 0 Å². The molecule has 1 aliphatic rings. The van der Waals surface area contributed by atoms with Gasteiger partial charge in [0.1, 0.15) is 0 Å². The molecule has 2 heterocycles. The Labute approximate surface area is 142 Å². The van der Waals surface area contributed by atoms with Gasteiger partial charge in [0.15, 0.2) is 0 Å². The Morgan fingerprint density at radius 1 is 1.00 bits per heavy atom. The van der Waals surface area contributed by atoms with Crippen molar-refractivity contribution in [2.75, 3.05) is 11.4 Å². The molecule has 0 spiro atoms. The SMILES string of the molecule is CC1Cc2ccccc2N(C(=O)c2cccc(-n3cccc3)c2)C1. The summed E-state index contributed by atoms with van der Waals surface area (Å²) in [4.78, 5) is 15.1. The molecule has 0 saturated carbocycles. The van der Waals surface area contributed by atoms with Gasteiger partial charge in [0.2, 0.25) is 0 Å². The number of aromatic nitrogens is 1. The normalized spacial score (nSPS) is 16.7. The van der Waals surface area contributed by atoms with Gasteiger partial charge in [-0.15, -0.1) is 0 Å². The summed E-state index contributed by atoms with van der Waals surface area (Å²) in [6, 6.07) is 20.0. The second-order valence-corrected chi connectivity index (χ2v) is 6.49. The van der Waals surface area contributed by atoms with E-state index in [9.17, 15) is 4.79 Å². The van der Waals surface area contributed by atoms with Gasteiger partial charge in [-0.2, -0.15) is 0 Å². The number of anilines is 1. The van der Waals surface area contributed by atoms with E-state index in [0.717, 1.165) is 29.9 Å². The summed E-state index contributed by atoms with van der Waals surface area (Å²) in [6.07, 6.45) is 5.01. The Hall–Kier alpha value is -2.81. The van der Waals surface area contributed by atoms with Crippen LogP contribution in [0.2, 0.25) is 0 Å². The van der Waals surface area contributed by atoms with Crippen molar-refractivity contribution in [3.63, 3.8) is 0 Å². The molecule has 3 nitrogen and oxygen atoms in total. The van der Waals surface area contributed by atoms with Crippen molar-refractivity contribution < 1.29 is 4.79 Å². The van der Waals surface area contributed by atoms with Gasteiger partial charge in [0, 0.05) is 35.9 Å². The molecule has 1 atom stereocenters. The topological polar surface area (TPSA) is 25.2 Å². The molecule has 24 heavy (non-hydrogen) atoms. The quantitative estimate of drug-likeness (QED) is 0.691. The van der Waals surface area contributed by atoms with Crippen LogP contribution < -0.4 is 4.90 Å². The molecule has 0 saturated heterocycles. The average Bonchev–Trinajstić information content (AvgIpc) is 3.15. The van der Waals surface area contributed by atoms with Crippen LogP contribution in [0.5, 0.6) is 0 Å². The third-order valence-corrected chi connectivity index (χ3v) is 4.59. The minimum absolute atomic E-state index is 0.0722. The van der Waals surface area contributed by atoms with Gasteiger partial charge < -0.3 is 9.47 Å². The fourth-order valence-electron chi connectivity index (χ4n) is 3.45. The standard InChI is InChI=1S/C21H20N2O/c1-16-13-17-7-2-3-10-20(17)23(15-16)21(24)18-8-6-9-19(14-18)22-11-4-5-12-22/h2-12,14,16H,13,15H2,1H3. The fourth-order valence-corrected chi connectivity index (χ4v) is 3.45. The van der Waals surface area contributed by atoms with Crippen molar-refractivity contribution in [2.45, 2.75) is 13.3 Å². The molecule has 1 aliphatic heterocycles. The minimum atomic E-state index is 0.0722. The van der Waals surface area contributed by atoms with Gasteiger partial charge >= 0.3 is 0 Å². The van der Waals surface area contributed by atoms with E-state index in [2.05, 4.69) is 19.1 Å². The number of hydrogen-bond donors (Lipinski definition) is 0. The average molecular weight is 316 g/mol. The first-order valence-corrected chi connectivity index (χ1v) is 8.35. The number of nitrogens with zero attached hydrogens (tertiary/aromatic N) is 2. The summed E-state index contributed by atoms with van der Waals surface area (Å²) in [5, 5.41) is 0. The summed E-state index contributed by atoms with van der Waals surface area (Å²) in [5.74, 6) is 0.541. The third kappa shape index (κ3) is 2.62. The molecular formula is C21H20N2O. The van der Waals surface area contributed by atoms with Crippen LogP contribution in [0.25, 0.3) is 5.69 Å². The Morgan fingerprint density at radius 2 is 1.79 bits per heavy atom. The second-order valence-electron chi connectivity index (χ2n) is 6.49. The monoisotopic (exact) mass is 316 g/mol. The Balaban J connectivity index is 1.71. The molecule has 3 heteroatoms. The Kier molecular flexibility index (Phi) is 3.69. The summed E-state index contributed by atoms with van der Waals surface area (Å²) in [6.45, 7) is 2.97. The highest BCUT2D eigenvalue weighted by Gasteiger charge is 2.26. The van der Waals surface area contributed by atoms with Crippen molar-refractivity contribution in [2.24, 2.45) is 5.92 Å². The minimum Gasteiger partial charge on any atom is -0.324 e. The smallest absolute Gasteiger partial charge is 0.258 e. The molecule has 1 unspecified atom stereocenters. The van der Waals surface area contributed by atoms with E-state index in [1.165, 1.54) is 5.56 Å². The first-order valence-electron chi connectivity index (χ1n) is 8.35. The van der Waals surface area contributed by atoms with Gasteiger partial charge in [-0.1, -0.05) is 31.2 Å². The van der Waals surface area contributed by atoms with Crippen LogP contribution in [-0.4, -0.2) is 17.0 Å². The van der Waals surface area contributed by atoms with Gasteiger partial charge in [0.25, 0.3) is 5.91 Å². The summed E-state index contributed by atoms with van der Waals surface area (Å²) in [5.41, 5.74) is 4.03. The van der Waals surface area contributed by atoms with Crippen LogP contribution in [0.3, 0.4) is 0 Å². The molecule has 0 fully saturated rings. The van der Waals surface area contributed by atoms with E-state index in [-0.39, 0.29) is 5.91 Å². The van der Waals surface area contributed by atoms with Crippen LogP contribution in [0, 0.1) is 5.92 Å². The lowest BCUT2D eigenvalue weighted by molar-refractivity contribution is 0.0981. The number of fused-ring (bicyclic) bond motifs is 1. The zero-order chi connectivity index (χ0) is 16.5. The maximum atomic E-state index is 13.1. The summed E-state index contributed by atoms with van der Waals surface area (Å²) in [7, 11) is 0.